The first-order valence-corrected chi connectivity index (χ1v) is 6.97. The molecule has 2 aliphatic heterocycles. The highest BCUT2D eigenvalue weighted by Gasteiger charge is 2.42. The second-order valence-electron chi connectivity index (χ2n) is 5.62. The van der Waals surface area contributed by atoms with Gasteiger partial charge < -0.3 is 18.7 Å². The highest BCUT2D eigenvalue weighted by atomic mass is 16.6. The molecule has 2 atom stereocenters. The molecular weight excluding hydrogens is 262 g/mol. The molecule has 0 N–H and O–H groups in total. The van der Waals surface area contributed by atoms with Crippen LogP contribution < -0.4 is 0 Å². The van der Waals surface area contributed by atoms with E-state index in [0.717, 1.165) is 26.1 Å². The monoisotopic (exact) mass is 283 g/mol. The fourth-order valence-electron chi connectivity index (χ4n) is 3.00. The number of rotatable bonds is 4. The van der Waals surface area contributed by atoms with Gasteiger partial charge in [-0.25, -0.2) is 0 Å². The Hall–Kier alpha value is -1.02. The van der Waals surface area contributed by atoms with Gasteiger partial charge in [0.1, 0.15) is 12.2 Å². The van der Waals surface area contributed by atoms with Crippen LogP contribution in [0.5, 0.6) is 0 Å². The molecule has 2 unspecified atom stereocenters. The molecule has 2 aliphatic rings. The van der Waals surface area contributed by atoms with Crippen LogP contribution in [0.25, 0.3) is 0 Å². The predicted molar refractivity (Wildman–Crippen MR) is 69.0 cm³/mol. The predicted octanol–water partition coefficient (Wildman–Crippen LogP) is 0.596. The molecule has 0 saturated carbocycles. The summed E-state index contributed by atoms with van der Waals surface area (Å²) in [6.45, 7) is 6.28. The molecule has 7 heteroatoms. The average Bonchev–Trinajstić information content (AvgIpc) is 2.99. The number of hydrogen-bond donors (Lipinski definition) is 0. The second kappa shape index (κ2) is 5.77. The smallest absolute Gasteiger partial charge is 0.240 e. The molecule has 0 aromatic carbocycles. The zero-order valence-corrected chi connectivity index (χ0v) is 12.0. The molecule has 1 aromatic heterocycles. The van der Waals surface area contributed by atoms with Crippen molar-refractivity contribution in [1.29, 1.82) is 0 Å². The van der Waals surface area contributed by atoms with Crippen molar-refractivity contribution in [2.75, 3.05) is 33.4 Å². The maximum atomic E-state index is 6.09. The lowest BCUT2D eigenvalue weighted by Gasteiger charge is -2.42. The number of nitrogens with zero attached hydrogens (tertiary/aromatic N) is 3. The van der Waals surface area contributed by atoms with Crippen LogP contribution in [0.3, 0.4) is 0 Å². The summed E-state index contributed by atoms with van der Waals surface area (Å²) in [6.07, 6.45) is 1.14. The Bertz CT molecular complexity index is 445. The van der Waals surface area contributed by atoms with Gasteiger partial charge >= 0.3 is 0 Å². The summed E-state index contributed by atoms with van der Waals surface area (Å²) in [5.41, 5.74) is -0.160. The van der Waals surface area contributed by atoms with E-state index in [9.17, 15) is 0 Å². The van der Waals surface area contributed by atoms with Crippen LogP contribution in [0.2, 0.25) is 0 Å². The van der Waals surface area contributed by atoms with Crippen molar-refractivity contribution >= 4 is 0 Å². The molecule has 20 heavy (non-hydrogen) atoms. The largest absolute Gasteiger partial charge is 0.378 e. The quantitative estimate of drug-likeness (QED) is 0.801. The molecule has 0 amide bonds. The molecule has 0 bridgehead atoms. The van der Waals surface area contributed by atoms with E-state index in [1.165, 1.54) is 0 Å². The van der Waals surface area contributed by atoms with Crippen LogP contribution in [-0.2, 0) is 27.4 Å². The fraction of sp³-hybridized carbons (Fsp3) is 0.846. The number of aromatic nitrogens is 2. The molecule has 1 aromatic rings. The molecule has 2 fully saturated rings. The highest BCUT2D eigenvalue weighted by Crippen LogP contribution is 2.30. The SMILES string of the molecule is COCc1noc(CN2CC(C)OC3(CCOC3)C2)n1. The number of hydrogen-bond acceptors (Lipinski definition) is 7. The topological polar surface area (TPSA) is 69.9 Å². The molecule has 2 saturated heterocycles. The second-order valence-corrected chi connectivity index (χ2v) is 5.62. The first-order valence-electron chi connectivity index (χ1n) is 6.97. The summed E-state index contributed by atoms with van der Waals surface area (Å²) in [6, 6.07) is 0. The van der Waals surface area contributed by atoms with E-state index in [4.69, 9.17) is 18.7 Å². The third kappa shape index (κ3) is 3.01. The van der Waals surface area contributed by atoms with Crippen LogP contribution in [0, 0.1) is 0 Å². The van der Waals surface area contributed by atoms with Gasteiger partial charge in [0, 0.05) is 33.2 Å². The van der Waals surface area contributed by atoms with Crippen LogP contribution in [0.4, 0.5) is 0 Å². The molecule has 112 valence electrons. The summed E-state index contributed by atoms with van der Waals surface area (Å²) >= 11 is 0. The lowest BCUT2D eigenvalue weighted by molar-refractivity contribution is -0.150. The van der Waals surface area contributed by atoms with Gasteiger partial charge in [-0.05, 0) is 6.92 Å². The van der Waals surface area contributed by atoms with Gasteiger partial charge in [0.2, 0.25) is 5.89 Å². The zero-order valence-electron chi connectivity index (χ0n) is 12.0. The van der Waals surface area contributed by atoms with Crippen LogP contribution in [-0.4, -0.2) is 60.2 Å². The first-order chi connectivity index (χ1) is 9.69. The number of methoxy groups -OCH3 is 1. The van der Waals surface area contributed by atoms with E-state index >= 15 is 0 Å². The number of morpholine rings is 1. The molecule has 1 spiro atoms. The van der Waals surface area contributed by atoms with Gasteiger partial charge in [-0.3, -0.25) is 4.90 Å². The fourth-order valence-corrected chi connectivity index (χ4v) is 3.00. The van der Waals surface area contributed by atoms with E-state index in [-0.39, 0.29) is 11.7 Å². The molecule has 3 heterocycles. The lowest BCUT2D eigenvalue weighted by Crippen LogP contribution is -2.55. The zero-order chi connectivity index (χ0) is 14.0. The summed E-state index contributed by atoms with van der Waals surface area (Å²) < 4.78 is 21.8. The molecular formula is C13H21N3O4. The van der Waals surface area contributed by atoms with E-state index < -0.39 is 0 Å². The van der Waals surface area contributed by atoms with Crippen LogP contribution in [0.15, 0.2) is 4.52 Å². The number of ether oxygens (including phenoxy) is 3. The van der Waals surface area contributed by atoms with Crippen molar-refractivity contribution in [3.05, 3.63) is 11.7 Å². The molecule has 3 rings (SSSR count). The van der Waals surface area contributed by atoms with Crippen molar-refractivity contribution in [2.45, 2.75) is 38.2 Å². The lowest BCUT2D eigenvalue weighted by atomic mass is 9.99. The summed E-state index contributed by atoms with van der Waals surface area (Å²) in [5.74, 6) is 1.21. The molecule has 0 radical (unpaired) electrons. The Morgan fingerprint density at radius 3 is 3.15 bits per heavy atom. The Morgan fingerprint density at radius 2 is 2.40 bits per heavy atom. The molecule has 0 aliphatic carbocycles. The third-order valence-corrected chi connectivity index (χ3v) is 3.69. The highest BCUT2D eigenvalue weighted by molar-refractivity contribution is 4.94. The Kier molecular flexibility index (Phi) is 4.02. The minimum atomic E-state index is -0.160. The average molecular weight is 283 g/mol. The van der Waals surface area contributed by atoms with Gasteiger partial charge in [0.25, 0.3) is 0 Å². The minimum absolute atomic E-state index is 0.160. The van der Waals surface area contributed by atoms with Crippen molar-refractivity contribution in [3.8, 4) is 0 Å². The van der Waals surface area contributed by atoms with E-state index in [1.54, 1.807) is 7.11 Å². The Labute approximate surface area is 118 Å². The Balaban J connectivity index is 1.63. The van der Waals surface area contributed by atoms with Crippen molar-refractivity contribution in [2.24, 2.45) is 0 Å². The minimum Gasteiger partial charge on any atom is -0.378 e. The van der Waals surface area contributed by atoms with Gasteiger partial charge in [-0.15, -0.1) is 0 Å². The van der Waals surface area contributed by atoms with Crippen LogP contribution in [0.1, 0.15) is 25.1 Å². The van der Waals surface area contributed by atoms with Crippen LogP contribution >= 0.6 is 0 Å². The van der Waals surface area contributed by atoms with Gasteiger partial charge in [0.15, 0.2) is 5.82 Å². The Morgan fingerprint density at radius 1 is 1.50 bits per heavy atom. The summed E-state index contributed by atoms with van der Waals surface area (Å²) in [7, 11) is 1.61. The van der Waals surface area contributed by atoms with E-state index in [0.29, 0.717) is 31.5 Å². The van der Waals surface area contributed by atoms with E-state index in [1.807, 2.05) is 0 Å². The van der Waals surface area contributed by atoms with Crippen molar-refractivity contribution in [3.63, 3.8) is 0 Å². The third-order valence-electron chi connectivity index (χ3n) is 3.69. The first kappa shape index (κ1) is 13.9. The standard InChI is InChI=1S/C13H21N3O4/c1-10-5-16(8-13(19-10)3-4-18-9-13)6-12-14-11(7-17-2)15-20-12/h10H,3-9H2,1-2H3. The van der Waals surface area contributed by atoms with Crippen molar-refractivity contribution in [1.82, 2.24) is 15.0 Å². The van der Waals surface area contributed by atoms with Crippen molar-refractivity contribution < 1.29 is 18.7 Å². The maximum Gasteiger partial charge on any atom is 0.240 e. The normalized spacial score (nSPS) is 31.2. The van der Waals surface area contributed by atoms with E-state index in [2.05, 4.69) is 22.0 Å². The van der Waals surface area contributed by atoms with Gasteiger partial charge in [0.05, 0.1) is 19.3 Å². The van der Waals surface area contributed by atoms with Gasteiger partial charge in [-0.2, -0.15) is 4.98 Å². The van der Waals surface area contributed by atoms with Gasteiger partial charge in [-0.1, -0.05) is 5.16 Å². The maximum absolute atomic E-state index is 6.09. The summed E-state index contributed by atoms with van der Waals surface area (Å²) in [5, 5.41) is 3.89. The summed E-state index contributed by atoms with van der Waals surface area (Å²) in [4.78, 5) is 6.62. The molecule has 7 nitrogen and oxygen atoms in total.